The maximum absolute atomic E-state index is 12.8. The van der Waals surface area contributed by atoms with Gasteiger partial charge in [-0.15, -0.1) is 0 Å². The number of halogens is 12. The lowest BCUT2D eigenvalue weighted by molar-refractivity contribution is -0.408. The molecule has 0 aromatic rings. The van der Waals surface area contributed by atoms with Crippen LogP contribution in [0.1, 0.15) is 100 Å². The summed E-state index contributed by atoms with van der Waals surface area (Å²) in [7, 11) is 1.42. The molecule has 2 rings (SSSR count). The van der Waals surface area contributed by atoms with E-state index in [1.54, 1.807) is 0 Å². The van der Waals surface area contributed by atoms with Crippen LogP contribution in [0.3, 0.4) is 0 Å². The van der Waals surface area contributed by atoms with Crippen molar-refractivity contribution >= 4 is 11.9 Å². The summed E-state index contributed by atoms with van der Waals surface area (Å²) in [6, 6.07) is 0. The Hall–Kier alpha value is -1.98. The van der Waals surface area contributed by atoms with Crippen LogP contribution in [0.4, 0.5) is 52.7 Å². The Balaban J connectivity index is 0.000000742. The van der Waals surface area contributed by atoms with E-state index < -0.39 is 65.2 Å². The van der Waals surface area contributed by atoms with Gasteiger partial charge in [-0.05, 0) is 97.8 Å². The Labute approximate surface area is 271 Å². The van der Waals surface area contributed by atoms with Crippen molar-refractivity contribution in [2.75, 3.05) is 7.11 Å². The van der Waals surface area contributed by atoms with E-state index in [2.05, 4.69) is 9.47 Å². The van der Waals surface area contributed by atoms with Gasteiger partial charge in [0, 0.05) is 0 Å². The molecular formula is C30H46F12O6. The van der Waals surface area contributed by atoms with Gasteiger partial charge in [-0.2, -0.15) is 52.7 Å². The molecule has 3 unspecified atom stereocenters. The molecule has 3 atom stereocenters. The molecule has 6 nitrogen and oxygen atoms in total. The first kappa shape index (κ1) is 46.0. The molecule has 0 aromatic heterocycles. The number of carbonyl (C=O) groups excluding carboxylic acids is 2. The zero-order valence-electron chi connectivity index (χ0n) is 28.2. The van der Waals surface area contributed by atoms with Crippen molar-refractivity contribution in [3.63, 3.8) is 0 Å². The fourth-order valence-electron chi connectivity index (χ4n) is 5.25. The summed E-state index contributed by atoms with van der Waals surface area (Å²) in [5, 5.41) is 18.4. The van der Waals surface area contributed by atoms with Crippen molar-refractivity contribution in [1.82, 2.24) is 0 Å². The van der Waals surface area contributed by atoms with Crippen molar-refractivity contribution in [2.45, 2.75) is 142 Å². The number of esters is 2. The Bertz CT molecular complexity index is 1050. The minimum Gasteiger partial charge on any atom is -0.469 e. The van der Waals surface area contributed by atoms with E-state index in [0.29, 0.717) is 33.1 Å². The van der Waals surface area contributed by atoms with Crippen LogP contribution in [0.15, 0.2) is 0 Å². The van der Waals surface area contributed by atoms with E-state index in [9.17, 15) is 67.4 Å². The van der Waals surface area contributed by atoms with Crippen LogP contribution >= 0.6 is 0 Å². The summed E-state index contributed by atoms with van der Waals surface area (Å²) in [6.07, 6.45) is -21.1. The summed E-state index contributed by atoms with van der Waals surface area (Å²) in [5.74, 6) is -1.92. The quantitative estimate of drug-likeness (QED) is 0.192. The van der Waals surface area contributed by atoms with Crippen LogP contribution in [0.5, 0.6) is 0 Å². The molecule has 2 N–H and O–H groups in total. The van der Waals surface area contributed by atoms with Gasteiger partial charge in [-0.1, -0.05) is 20.3 Å². The molecule has 0 saturated heterocycles. The summed E-state index contributed by atoms with van der Waals surface area (Å²) in [4.78, 5) is 22.6. The smallest absolute Gasteiger partial charge is 0.430 e. The van der Waals surface area contributed by atoms with Gasteiger partial charge >= 0.3 is 36.6 Å². The Morgan fingerprint density at radius 3 is 1.29 bits per heavy atom. The van der Waals surface area contributed by atoms with E-state index in [0.717, 1.165) is 12.8 Å². The molecule has 2 aliphatic carbocycles. The van der Waals surface area contributed by atoms with Crippen LogP contribution in [-0.4, -0.2) is 70.8 Å². The van der Waals surface area contributed by atoms with Crippen molar-refractivity contribution < 1.29 is 82.0 Å². The number of hydrogen-bond donors (Lipinski definition) is 2. The van der Waals surface area contributed by atoms with Gasteiger partial charge in [0.25, 0.3) is 11.2 Å². The van der Waals surface area contributed by atoms with Gasteiger partial charge in [-0.3, -0.25) is 9.59 Å². The molecule has 0 amide bonds. The molecule has 0 heterocycles. The van der Waals surface area contributed by atoms with Crippen LogP contribution in [0.25, 0.3) is 0 Å². The number of carbonyl (C=O) groups is 2. The van der Waals surface area contributed by atoms with Crippen molar-refractivity contribution in [1.29, 1.82) is 0 Å². The first-order valence-electron chi connectivity index (χ1n) is 15.1. The molecule has 0 radical (unpaired) electrons. The van der Waals surface area contributed by atoms with E-state index in [1.807, 2.05) is 20.8 Å². The van der Waals surface area contributed by atoms with Gasteiger partial charge in [0.05, 0.1) is 17.9 Å². The number of methoxy groups -OCH3 is 1. The molecule has 0 spiro atoms. The lowest BCUT2D eigenvalue weighted by atomic mass is 9.79. The molecule has 2 fully saturated rings. The number of fused-ring (bicyclic) bond motifs is 2. The zero-order chi connectivity index (χ0) is 38.8. The average molecular weight is 731 g/mol. The zero-order valence-corrected chi connectivity index (χ0v) is 28.2. The molecule has 48 heavy (non-hydrogen) atoms. The van der Waals surface area contributed by atoms with Crippen LogP contribution in [0.2, 0.25) is 0 Å². The van der Waals surface area contributed by atoms with Crippen molar-refractivity contribution in [3.05, 3.63) is 0 Å². The van der Waals surface area contributed by atoms with Crippen LogP contribution < -0.4 is 0 Å². The van der Waals surface area contributed by atoms with Gasteiger partial charge in [0.2, 0.25) is 0 Å². The predicted molar refractivity (Wildman–Crippen MR) is 148 cm³/mol. The summed E-state index contributed by atoms with van der Waals surface area (Å²) < 4.78 is 161. The van der Waals surface area contributed by atoms with Gasteiger partial charge in [-0.25, -0.2) is 0 Å². The topological polar surface area (TPSA) is 93.1 Å². The normalized spacial score (nSPS) is 21.1. The number of aliphatic hydroxyl groups is 2. The summed E-state index contributed by atoms with van der Waals surface area (Å²) in [6.45, 7) is 10.6. The SMILES string of the molecule is CCC(C)(C)C(=O)OC.CCC(C)(C)C(=O)OC(C)(C)C(O)(C(F)(F)F)C(F)(F)F.OC(CC1CC2CCC1C2)(C(F)(F)F)C(F)(F)F. The summed E-state index contributed by atoms with van der Waals surface area (Å²) in [5.41, 5.74) is -14.6. The Kier molecular flexibility index (Phi) is 14.5. The van der Waals surface area contributed by atoms with E-state index >= 15 is 0 Å². The molecule has 0 aromatic carbocycles. The monoisotopic (exact) mass is 730 g/mol. The maximum atomic E-state index is 12.8. The molecule has 286 valence electrons. The van der Waals surface area contributed by atoms with Crippen LogP contribution in [-0.2, 0) is 19.1 Å². The highest BCUT2D eigenvalue weighted by atomic mass is 19.4. The fourth-order valence-corrected chi connectivity index (χ4v) is 5.25. The lowest BCUT2D eigenvalue weighted by Crippen LogP contribution is -2.70. The Morgan fingerprint density at radius 1 is 0.646 bits per heavy atom. The van der Waals surface area contributed by atoms with E-state index in [-0.39, 0.29) is 29.6 Å². The first-order chi connectivity index (χ1) is 21.0. The molecular weight excluding hydrogens is 684 g/mol. The van der Waals surface area contributed by atoms with Crippen molar-refractivity contribution in [2.24, 2.45) is 28.6 Å². The standard InChI is InChI=1S/C12H18F6O3.C11H14F6O.C7H14O2/c1-6-8(2,3)7(19)21-9(4,5)10(20,11(13,14)15)12(16,17)18;12-10(13,14)9(18,11(15,16)17)5-8-4-6-1-2-7(8)3-6;1-5-7(2,3)6(8)9-4/h20H,6H2,1-5H3;6-8,18H,1-5H2;5H2,1-4H3. The van der Waals surface area contributed by atoms with Gasteiger partial charge in [0.15, 0.2) is 5.60 Å². The number of alkyl halides is 12. The molecule has 2 saturated carbocycles. The highest BCUT2D eigenvalue weighted by molar-refractivity contribution is 5.76. The first-order valence-corrected chi connectivity index (χ1v) is 15.1. The number of ether oxygens (including phenoxy) is 2. The third-order valence-electron chi connectivity index (χ3n) is 9.48. The second-order valence-corrected chi connectivity index (χ2v) is 14.1. The van der Waals surface area contributed by atoms with Crippen LogP contribution in [0, 0.1) is 28.6 Å². The Morgan fingerprint density at radius 2 is 1.04 bits per heavy atom. The highest BCUT2D eigenvalue weighted by Gasteiger charge is 2.79. The largest absolute Gasteiger partial charge is 0.469 e. The minimum absolute atomic E-state index is 0.0915. The number of hydrogen-bond acceptors (Lipinski definition) is 6. The second kappa shape index (κ2) is 15.1. The van der Waals surface area contributed by atoms with Crippen molar-refractivity contribution in [3.8, 4) is 0 Å². The minimum atomic E-state index is -6.06. The predicted octanol–water partition coefficient (Wildman–Crippen LogP) is 8.86. The van der Waals surface area contributed by atoms with Gasteiger partial charge in [0.1, 0.15) is 0 Å². The third kappa shape index (κ3) is 10.1. The fraction of sp³-hybridized carbons (Fsp3) is 0.933. The van der Waals surface area contributed by atoms with E-state index in [1.165, 1.54) is 27.9 Å². The highest BCUT2D eigenvalue weighted by Crippen LogP contribution is 2.55. The third-order valence-corrected chi connectivity index (χ3v) is 9.48. The molecule has 2 aliphatic rings. The van der Waals surface area contributed by atoms with Gasteiger partial charge < -0.3 is 19.7 Å². The van der Waals surface area contributed by atoms with E-state index in [4.69, 9.17) is 5.11 Å². The molecule has 0 aliphatic heterocycles. The number of rotatable bonds is 8. The molecule has 2 bridgehead atoms. The summed E-state index contributed by atoms with van der Waals surface area (Å²) >= 11 is 0. The lowest BCUT2D eigenvalue weighted by Gasteiger charge is -2.44. The average Bonchev–Trinajstić information content (AvgIpc) is 3.53. The second-order valence-electron chi connectivity index (χ2n) is 14.1. The maximum Gasteiger partial charge on any atom is 0.430 e. The molecule has 18 heteroatoms.